The molecule has 0 spiro atoms. The van der Waals surface area contributed by atoms with E-state index in [0.717, 1.165) is 30.6 Å². The van der Waals surface area contributed by atoms with Crippen LogP contribution in [0.5, 0.6) is 0 Å². The molecule has 19 heavy (non-hydrogen) atoms. The molecule has 0 aromatic carbocycles. The van der Waals surface area contributed by atoms with Crippen LogP contribution in [0.2, 0.25) is 5.02 Å². The van der Waals surface area contributed by atoms with Gasteiger partial charge < -0.3 is 4.90 Å². The summed E-state index contributed by atoms with van der Waals surface area (Å²) >= 11 is 7.41. The molecule has 3 heterocycles. The summed E-state index contributed by atoms with van der Waals surface area (Å²) in [5, 5.41) is 5.71. The summed E-state index contributed by atoms with van der Waals surface area (Å²) in [7, 11) is 0. The molecule has 1 fully saturated rings. The van der Waals surface area contributed by atoms with Gasteiger partial charge in [0.2, 0.25) is 0 Å². The number of thioether (sulfide) groups is 1. The fourth-order valence-electron chi connectivity index (χ4n) is 2.18. The lowest BCUT2D eigenvalue weighted by molar-refractivity contribution is 0.340. The van der Waals surface area contributed by atoms with Crippen LogP contribution in [0.4, 0.5) is 5.82 Å². The van der Waals surface area contributed by atoms with Gasteiger partial charge in [-0.1, -0.05) is 23.4 Å². The van der Waals surface area contributed by atoms with Crippen LogP contribution in [0.3, 0.4) is 0 Å². The minimum atomic E-state index is 0.601. The Labute approximate surface area is 121 Å². The zero-order valence-electron chi connectivity index (χ0n) is 10.5. The molecule has 0 aliphatic carbocycles. The Morgan fingerprint density at radius 1 is 1.47 bits per heavy atom. The van der Waals surface area contributed by atoms with Gasteiger partial charge in [0.25, 0.3) is 0 Å². The van der Waals surface area contributed by atoms with Crippen molar-refractivity contribution in [3.8, 4) is 0 Å². The van der Waals surface area contributed by atoms with Gasteiger partial charge in [0.15, 0.2) is 5.16 Å². The fourth-order valence-corrected chi connectivity index (χ4v) is 2.69. The van der Waals surface area contributed by atoms with Crippen molar-refractivity contribution in [2.45, 2.75) is 11.7 Å². The first kappa shape index (κ1) is 12.7. The standard InChI is InChI=1S/C12H14ClN5S/c1-19-12-14-3-2-11(16-12)17-5-9(6-17)7-18-8-10(13)4-15-18/h2-4,8-9H,5-7H2,1H3. The van der Waals surface area contributed by atoms with Crippen molar-refractivity contribution in [2.24, 2.45) is 5.92 Å². The molecule has 0 radical (unpaired) electrons. The zero-order valence-corrected chi connectivity index (χ0v) is 12.1. The lowest BCUT2D eigenvalue weighted by Gasteiger charge is -2.40. The Kier molecular flexibility index (Phi) is 3.61. The highest BCUT2D eigenvalue weighted by Crippen LogP contribution is 2.25. The number of nitrogens with zero attached hydrogens (tertiary/aromatic N) is 5. The zero-order chi connectivity index (χ0) is 13.2. The number of halogens is 1. The van der Waals surface area contributed by atoms with Crippen LogP contribution in [-0.4, -0.2) is 39.1 Å². The molecule has 7 heteroatoms. The first-order valence-electron chi connectivity index (χ1n) is 6.04. The smallest absolute Gasteiger partial charge is 0.189 e. The molecule has 0 amide bonds. The van der Waals surface area contributed by atoms with E-state index in [9.17, 15) is 0 Å². The average molecular weight is 296 g/mol. The molecule has 1 aliphatic rings. The van der Waals surface area contributed by atoms with E-state index < -0.39 is 0 Å². The van der Waals surface area contributed by atoms with Crippen LogP contribution >= 0.6 is 23.4 Å². The van der Waals surface area contributed by atoms with E-state index in [1.165, 1.54) is 0 Å². The summed E-state index contributed by atoms with van der Waals surface area (Å²) in [6.45, 7) is 2.91. The highest BCUT2D eigenvalue weighted by molar-refractivity contribution is 7.98. The topological polar surface area (TPSA) is 46.8 Å². The maximum absolute atomic E-state index is 5.85. The second-order valence-corrected chi connectivity index (χ2v) is 5.76. The third-order valence-electron chi connectivity index (χ3n) is 3.13. The molecule has 1 saturated heterocycles. The van der Waals surface area contributed by atoms with Crippen LogP contribution < -0.4 is 4.90 Å². The predicted octanol–water partition coefficient (Wildman–Crippen LogP) is 2.18. The van der Waals surface area contributed by atoms with Crippen molar-refractivity contribution in [3.05, 3.63) is 29.7 Å². The molecule has 100 valence electrons. The van der Waals surface area contributed by atoms with Gasteiger partial charge in [-0.2, -0.15) is 5.10 Å². The van der Waals surface area contributed by atoms with Crippen molar-refractivity contribution in [1.29, 1.82) is 0 Å². The number of hydrogen-bond donors (Lipinski definition) is 0. The van der Waals surface area contributed by atoms with Gasteiger partial charge in [-0.25, -0.2) is 9.97 Å². The predicted molar refractivity (Wildman–Crippen MR) is 76.8 cm³/mol. The van der Waals surface area contributed by atoms with E-state index in [1.54, 1.807) is 18.0 Å². The maximum atomic E-state index is 5.85. The summed E-state index contributed by atoms with van der Waals surface area (Å²) in [6.07, 6.45) is 7.34. The number of aromatic nitrogens is 4. The maximum Gasteiger partial charge on any atom is 0.189 e. The van der Waals surface area contributed by atoms with Gasteiger partial charge in [-0.15, -0.1) is 0 Å². The van der Waals surface area contributed by atoms with E-state index in [4.69, 9.17) is 11.6 Å². The Hall–Kier alpha value is -1.27. The summed E-state index contributed by atoms with van der Waals surface area (Å²) in [4.78, 5) is 10.9. The third-order valence-corrected chi connectivity index (χ3v) is 3.89. The highest BCUT2D eigenvalue weighted by atomic mass is 35.5. The normalized spacial score (nSPS) is 15.6. The molecule has 1 aliphatic heterocycles. The van der Waals surface area contributed by atoms with E-state index in [1.807, 2.05) is 29.4 Å². The fraction of sp³-hybridized carbons (Fsp3) is 0.417. The Morgan fingerprint density at radius 2 is 2.32 bits per heavy atom. The highest BCUT2D eigenvalue weighted by Gasteiger charge is 2.28. The van der Waals surface area contributed by atoms with Gasteiger partial charge in [-0.3, -0.25) is 4.68 Å². The number of rotatable bonds is 4. The average Bonchev–Trinajstić information content (AvgIpc) is 2.79. The molecule has 0 N–H and O–H groups in total. The van der Waals surface area contributed by atoms with Crippen LogP contribution in [0.15, 0.2) is 29.8 Å². The van der Waals surface area contributed by atoms with Crippen LogP contribution in [-0.2, 0) is 6.54 Å². The Balaban J connectivity index is 1.57. The molecule has 3 rings (SSSR count). The molecular weight excluding hydrogens is 282 g/mol. The van der Waals surface area contributed by atoms with Crippen LogP contribution in [0.1, 0.15) is 0 Å². The minimum Gasteiger partial charge on any atom is -0.356 e. The molecule has 0 saturated carbocycles. The molecule has 0 bridgehead atoms. The SMILES string of the molecule is CSc1nccc(N2CC(Cn3cc(Cl)cn3)C2)n1. The van der Waals surface area contributed by atoms with Gasteiger partial charge in [-0.05, 0) is 12.3 Å². The molecule has 2 aromatic rings. The monoisotopic (exact) mass is 295 g/mol. The van der Waals surface area contributed by atoms with Gasteiger partial charge in [0.05, 0.1) is 11.2 Å². The molecule has 5 nitrogen and oxygen atoms in total. The van der Waals surface area contributed by atoms with Crippen molar-refractivity contribution in [3.63, 3.8) is 0 Å². The summed E-state index contributed by atoms with van der Waals surface area (Å²) in [6, 6.07) is 1.96. The molecule has 0 unspecified atom stereocenters. The first-order chi connectivity index (χ1) is 9.24. The van der Waals surface area contributed by atoms with E-state index in [-0.39, 0.29) is 0 Å². The Morgan fingerprint density at radius 3 is 3.00 bits per heavy atom. The van der Waals surface area contributed by atoms with Crippen molar-refractivity contribution < 1.29 is 0 Å². The van der Waals surface area contributed by atoms with Crippen molar-refractivity contribution in [1.82, 2.24) is 19.7 Å². The molecule has 0 atom stereocenters. The second kappa shape index (κ2) is 5.38. The van der Waals surface area contributed by atoms with Gasteiger partial charge >= 0.3 is 0 Å². The lowest BCUT2D eigenvalue weighted by Crippen LogP contribution is -2.49. The Bertz CT molecular complexity index is 567. The van der Waals surface area contributed by atoms with Gasteiger partial charge in [0.1, 0.15) is 5.82 Å². The quantitative estimate of drug-likeness (QED) is 0.639. The van der Waals surface area contributed by atoms with E-state index in [2.05, 4.69) is 20.0 Å². The number of anilines is 1. The lowest BCUT2D eigenvalue weighted by atomic mass is 10.0. The number of hydrogen-bond acceptors (Lipinski definition) is 5. The molecular formula is C12H14ClN5S. The van der Waals surface area contributed by atoms with Crippen LogP contribution in [0.25, 0.3) is 0 Å². The first-order valence-corrected chi connectivity index (χ1v) is 7.65. The summed E-state index contributed by atoms with van der Waals surface area (Å²) in [5.74, 6) is 1.61. The van der Waals surface area contributed by atoms with E-state index >= 15 is 0 Å². The summed E-state index contributed by atoms with van der Waals surface area (Å²) in [5.41, 5.74) is 0. The summed E-state index contributed by atoms with van der Waals surface area (Å²) < 4.78 is 1.90. The van der Waals surface area contributed by atoms with Crippen molar-refractivity contribution in [2.75, 3.05) is 24.2 Å². The van der Waals surface area contributed by atoms with Crippen molar-refractivity contribution >= 4 is 29.2 Å². The molecule has 2 aromatic heterocycles. The van der Waals surface area contributed by atoms with Crippen LogP contribution in [0, 0.1) is 5.92 Å². The second-order valence-electron chi connectivity index (χ2n) is 4.55. The van der Waals surface area contributed by atoms with Gasteiger partial charge in [0, 0.05) is 37.9 Å². The van der Waals surface area contributed by atoms with E-state index in [0.29, 0.717) is 10.9 Å². The third kappa shape index (κ3) is 2.84. The largest absolute Gasteiger partial charge is 0.356 e. The minimum absolute atomic E-state index is 0.601.